The van der Waals surface area contributed by atoms with Crippen molar-refractivity contribution in [1.82, 2.24) is 0 Å². The minimum atomic E-state index is -2.62. The highest BCUT2D eigenvalue weighted by Gasteiger charge is 2.36. The van der Waals surface area contributed by atoms with E-state index in [0.29, 0.717) is 5.56 Å². The zero-order valence-corrected chi connectivity index (χ0v) is 6.97. The molecule has 0 saturated heterocycles. The van der Waals surface area contributed by atoms with E-state index < -0.39 is 12.0 Å². The molecular weight excluding hydrogens is 164 g/mol. The van der Waals surface area contributed by atoms with Crippen LogP contribution in [0.1, 0.15) is 18.2 Å². The Morgan fingerprint density at radius 3 is 2.50 bits per heavy atom. The zero-order valence-electron chi connectivity index (χ0n) is 6.97. The Kier molecular flexibility index (Phi) is 2.19. The lowest BCUT2D eigenvalue weighted by Gasteiger charge is -2.21. The molecule has 1 atom stereocenters. The van der Waals surface area contributed by atoms with E-state index in [0.717, 1.165) is 0 Å². The summed E-state index contributed by atoms with van der Waals surface area (Å²) in [5, 5.41) is 0. The van der Waals surface area contributed by atoms with Crippen molar-refractivity contribution in [2.45, 2.75) is 25.8 Å². The maximum Gasteiger partial charge on any atom is 0.263 e. The van der Waals surface area contributed by atoms with Crippen molar-refractivity contribution in [3.63, 3.8) is 0 Å². The Balaban J connectivity index is 3.05. The van der Waals surface area contributed by atoms with Gasteiger partial charge in [-0.15, -0.1) is 0 Å². The van der Waals surface area contributed by atoms with Crippen LogP contribution >= 0.6 is 0 Å². The van der Waals surface area contributed by atoms with E-state index in [-0.39, 0.29) is 5.76 Å². The van der Waals surface area contributed by atoms with Gasteiger partial charge in [-0.25, -0.2) is 8.78 Å². The van der Waals surface area contributed by atoms with E-state index in [4.69, 9.17) is 10.2 Å². The van der Waals surface area contributed by atoms with E-state index in [9.17, 15) is 8.78 Å². The molecule has 0 radical (unpaired) electrons. The van der Waals surface area contributed by atoms with Gasteiger partial charge in [0, 0.05) is 0 Å². The van der Waals surface area contributed by atoms with Crippen molar-refractivity contribution >= 4 is 0 Å². The Labute approximate surface area is 69.4 Å². The van der Waals surface area contributed by atoms with E-state index in [1.165, 1.54) is 13.2 Å². The van der Waals surface area contributed by atoms with E-state index >= 15 is 0 Å². The highest BCUT2D eigenvalue weighted by Crippen LogP contribution is 2.28. The van der Waals surface area contributed by atoms with Crippen LogP contribution in [-0.4, -0.2) is 6.43 Å². The summed E-state index contributed by atoms with van der Waals surface area (Å²) in [7, 11) is 0. The average Bonchev–Trinajstić information content (AvgIpc) is 2.35. The second-order valence-electron chi connectivity index (χ2n) is 3.02. The number of rotatable bonds is 2. The summed E-state index contributed by atoms with van der Waals surface area (Å²) in [6.45, 7) is 2.94. The lowest BCUT2D eigenvalue weighted by atomic mass is 9.98. The molecule has 2 nitrogen and oxygen atoms in total. The van der Waals surface area contributed by atoms with Crippen LogP contribution in [0.4, 0.5) is 8.78 Å². The predicted molar refractivity (Wildman–Crippen MR) is 41.0 cm³/mol. The molecular formula is C8H11F2NO. The first-order valence-corrected chi connectivity index (χ1v) is 3.58. The fourth-order valence-electron chi connectivity index (χ4n) is 1.02. The molecule has 0 fully saturated rings. The second-order valence-corrected chi connectivity index (χ2v) is 3.02. The summed E-state index contributed by atoms with van der Waals surface area (Å²) in [4.78, 5) is 0. The summed E-state index contributed by atoms with van der Waals surface area (Å²) in [5.41, 5.74) is 4.35. The maximum absolute atomic E-state index is 12.4. The van der Waals surface area contributed by atoms with E-state index in [1.54, 1.807) is 13.0 Å². The Bertz CT molecular complexity index is 268. The molecule has 68 valence electrons. The molecule has 1 heterocycles. The minimum absolute atomic E-state index is 0.150. The molecule has 0 aliphatic carbocycles. The summed E-state index contributed by atoms with van der Waals surface area (Å²) in [6.07, 6.45) is -1.26. The van der Waals surface area contributed by atoms with Gasteiger partial charge in [0.25, 0.3) is 6.43 Å². The second kappa shape index (κ2) is 2.86. The van der Waals surface area contributed by atoms with Gasteiger partial charge in [-0.1, -0.05) is 0 Å². The first-order valence-electron chi connectivity index (χ1n) is 3.58. The van der Waals surface area contributed by atoms with Crippen LogP contribution in [0.3, 0.4) is 0 Å². The van der Waals surface area contributed by atoms with Gasteiger partial charge in [-0.2, -0.15) is 0 Å². The summed E-state index contributed by atoms with van der Waals surface area (Å²) in [6, 6.07) is 1.61. The van der Waals surface area contributed by atoms with Crippen molar-refractivity contribution in [2.24, 2.45) is 5.73 Å². The topological polar surface area (TPSA) is 39.2 Å². The predicted octanol–water partition coefficient (Wildman–Crippen LogP) is 2.03. The van der Waals surface area contributed by atoms with Crippen molar-refractivity contribution in [2.75, 3.05) is 0 Å². The molecule has 2 N–H and O–H groups in total. The van der Waals surface area contributed by atoms with Crippen molar-refractivity contribution in [3.05, 3.63) is 23.7 Å². The average molecular weight is 175 g/mol. The Hall–Kier alpha value is -0.900. The summed E-state index contributed by atoms with van der Waals surface area (Å²) >= 11 is 0. The fourth-order valence-corrected chi connectivity index (χ4v) is 1.02. The van der Waals surface area contributed by atoms with Crippen LogP contribution in [0.2, 0.25) is 0 Å². The van der Waals surface area contributed by atoms with Gasteiger partial charge in [0.1, 0.15) is 11.3 Å². The van der Waals surface area contributed by atoms with Crippen LogP contribution in [0.25, 0.3) is 0 Å². The van der Waals surface area contributed by atoms with Gasteiger partial charge < -0.3 is 10.2 Å². The van der Waals surface area contributed by atoms with Crippen LogP contribution in [-0.2, 0) is 5.54 Å². The van der Waals surface area contributed by atoms with Crippen molar-refractivity contribution in [3.8, 4) is 0 Å². The molecule has 4 heteroatoms. The lowest BCUT2D eigenvalue weighted by molar-refractivity contribution is 0.0496. The van der Waals surface area contributed by atoms with Crippen molar-refractivity contribution < 1.29 is 13.2 Å². The number of hydrogen-bond donors (Lipinski definition) is 1. The standard InChI is InChI=1S/C8H11F2NO/c1-5-3-4-12-6(5)8(2,11)7(9)10/h3-4,7H,11H2,1-2H3. The van der Waals surface area contributed by atoms with Gasteiger partial charge in [-0.05, 0) is 25.5 Å². The number of furan rings is 1. The van der Waals surface area contributed by atoms with Crippen LogP contribution in [0.15, 0.2) is 16.7 Å². The third-order valence-electron chi connectivity index (χ3n) is 1.80. The number of nitrogens with two attached hydrogens (primary N) is 1. The molecule has 0 saturated carbocycles. The molecule has 1 aromatic rings. The van der Waals surface area contributed by atoms with Gasteiger partial charge >= 0.3 is 0 Å². The molecule has 0 aromatic carbocycles. The number of hydrogen-bond acceptors (Lipinski definition) is 2. The van der Waals surface area contributed by atoms with Gasteiger partial charge in [0.15, 0.2) is 0 Å². The minimum Gasteiger partial charge on any atom is -0.467 e. The van der Waals surface area contributed by atoms with Crippen molar-refractivity contribution in [1.29, 1.82) is 0 Å². The number of alkyl halides is 2. The summed E-state index contributed by atoms with van der Waals surface area (Å²) < 4.78 is 29.6. The third kappa shape index (κ3) is 1.34. The molecule has 0 aliphatic heterocycles. The first kappa shape index (κ1) is 9.19. The first-order chi connectivity index (χ1) is 5.46. The van der Waals surface area contributed by atoms with Crippen LogP contribution in [0.5, 0.6) is 0 Å². The molecule has 1 unspecified atom stereocenters. The highest BCUT2D eigenvalue weighted by atomic mass is 19.3. The number of aryl methyl sites for hydroxylation is 1. The van der Waals surface area contributed by atoms with Crippen LogP contribution < -0.4 is 5.73 Å². The maximum atomic E-state index is 12.4. The largest absolute Gasteiger partial charge is 0.467 e. The highest BCUT2D eigenvalue weighted by molar-refractivity contribution is 5.22. The monoisotopic (exact) mass is 175 g/mol. The molecule has 0 aliphatic rings. The molecule has 0 bridgehead atoms. The molecule has 0 amide bonds. The quantitative estimate of drug-likeness (QED) is 0.746. The Morgan fingerprint density at radius 2 is 2.17 bits per heavy atom. The molecule has 0 spiro atoms. The smallest absolute Gasteiger partial charge is 0.263 e. The molecule has 1 rings (SSSR count). The van der Waals surface area contributed by atoms with Gasteiger partial charge in [0.2, 0.25) is 0 Å². The lowest BCUT2D eigenvalue weighted by Crippen LogP contribution is -2.40. The molecule has 12 heavy (non-hydrogen) atoms. The molecule has 1 aromatic heterocycles. The Morgan fingerprint density at radius 1 is 1.58 bits per heavy atom. The van der Waals surface area contributed by atoms with Gasteiger partial charge in [0.05, 0.1) is 6.26 Å². The van der Waals surface area contributed by atoms with Gasteiger partial charge in [-0.3, -0.25) is 0 Å². The van der Waals surface area contributed by atoms with Crippen LogP contribution in [0, 0.1) is 6.92 Å². The SMILES string of the molecule is Cc1ccoc1C(C)(N)C(F)F. The van der Waals surface area contributed by atoms with E-state index in [1.807, 2.05) is 0 Å². The summed E-state index contributed by atoms with van der Waals surface area (Å²) in [5.74, 6) is 0.150. The normalized spacial score (nSPS) is 16.5. The zero-order chi connectivity index (χ0) is 9.35. The van der Waals surface area contributed by atoms with E-state index in [2.05, 4.69) is 0 Å². The third-order valence-corrected chi connectivity index (χ3v) is 1.80. The number of halogens is 2. The fraction of sp³-hybridized carbons (Fsp3) is 0.500.